The van der Waals surface area contributed by atoms with Crippen molar-refractivity contribution in [2.75, 3.05) is 26.2 Å². The lowest BCUT2D eigenvalue weighted by Gasteiger charge is -2.15. The topological polar surface area (TPSA) is 88.8 Å². The molecule has 0 radical (unpaired) electrons. The molecular weight excluding hydrogens is 396 g/mol. The zero-order valence-electron chi connectivity index (χ0n) is 18.5. The van der Waals surface area contributed by atoms with Gasteiger partial charge in [-0.15, -0.1) is 0 Å². The molecule has 1 aliphatic rings. The quantitative estimate of drug-likeness (QED) is 0.378. The van der Waals surface area contributed by atoms with Crippen LogP contribution in [-0.4, -0.2) is 43.0 Å². The Balaban J connectivity index is 1.72. The fourth-order valence-electron chi connectivity index (χ4n) is 3.82. The molecule has 0 saturated carbocycles. The number of rotatable bonds is 9. The molecule has 0 bridgehead atoms. The molecule has 1 aromatic heterocycles. The first kappa shape index (κ1) is 22.6. The van der Waals surface area contributed by atoms with E-state index in [2.05, 4.69) is 11.9 Å². The van der Waals surface area contributed by atoms with Crippen LogP contribution in [0.5, 0.6) is 5.75 Å². The van der Waals surface area contributed by atoms with Crippen molar-refractivity contribution in [1.29, 1.82) is 0 Å². The van der Waals surface area contributed by atoms with Crippen molar-refractivity contribution >= 4 is 22.8 Å². The smallest absolute Gasteiger partial charge is 0.340 e. The molecular formula is C24H30N2O5. The Bertz CT molecular complexity index is 1070. The number of nitrogens with zero attached hydrogens (tertiary/aromatic N) is 1. The van der Waals surface area contributed by atoms with Crippen molar-refractivity contribution < 1.29 is 18.7 Å². The molecule has 0 unspecified atom stereocenters. The number of hydrogen-bond donors (Lipinski definition) is 1. The maximum absolute atomic E-state index is 12.6. The van der Waals surface area contributed by atoms with Gasteiger partial charge in [-0.3, -0.25) is 9.59 Å². The van der Waals surface area contributed by atoms with Gasteiger partial charge in [0.25, 0.3) is 0 Å². The molecule has 1 aromatic carbocycles. The minimum absolute atomic E-state index is 0.0689. The predicted octanol–water partition coefficient (Wildman–Crippen LogP) is 3.04. The Morgan fingerprint density at radius 3 is 2.74 bits per heavy atom. The van der Waals surface area contributed by atoms with Crippen molar-refractivity contribution in [2.45, 2.75) is 46.5 Å². The van der Waals surface area contributed by atoms with Crippen LogP contribution in [0.4, 0.5) is 0 Å². The van der Waals surface area contributed by atoms with E-state index in [0.29, 0.717) is 60.4 Å². The third-order valence-corrected chi connectivity index (χ3v) is 5.40. The Morgan fingerprint density at radius 2 is 2.06 bits per heavy atom. The van der Waals surface area contributed by atoms with Gasteiger partial charge in [0.15, 0.2) is 0 Å². The van der Waals surface area contributed by atoms with E-state index >= 15 is 0 Å². The lowest BCUT2D eigenvalue weighted by atomic mass is 10.0. The first-order valence-electron chi connectivity index (χ1n) is 10.6. The summed E-state index contributed by atoms with van der Waals surface area (Å²) in [5, 5.41) is 3.53. The summed E-state index contributed by atoms with van der Waals surface area (Å²) in [6, 6.07) is 3.68. The van der Waals surface area contributed by atoms with Crippen LogP contribution in [0.2, 0.25) is 0 Å². The fourth-order valence-corrected chi connectivity index (χ4v) is 3.82. The third-order valence-electron chi connectivity index (χ3n) is 5.40. The van der Waals surface area contributed by atoms with Crippen LogP contribution in [0.15, 0.2) is 33.5 Å². The van der Waals surface area contributed by atoms with Gasteiger partial charge in [-0.2, -0.15) is 0 Å². The lowest BCUT2D eigenvalue weighted by molar-refractivity contribution is -0.127. The van der Waals surface area contributed by atoms with E-state index in [4.69, 9.17) is 9.15 Å². The van der Waals surface area contributed by atoms with Crippen LogP contribution in [-0.2, 0) is 16.0 Å². The lowest BCUT2D eigenvalue weighted by Crippen LogP contribution is -2.32. The van der Waals surface area contributed by atoms with Gasteiger partial charge in [-0.1, -0.05) is 6.58 Å². The molecule has 31 heavy (non-hydrogen) atoms. The Kier molecular flexibility index (Phi) is 7.15. The number of amides is 2. The van der Waals surface area contributed by atoms with Gasteiger partial charge < -0.3 is 19.4 Å². The number of carbonyl (C=O) groups is 2. The molecule has 7 heteroatoms. The number of benzene rings is 1. The number of ether oxygens (including phenoxy) is 1. The van der Waals surface area contributed by atoms with Crippen molar-refractivity contribution in [3.63, 3.8) is 0 Å². The molecule has 3 rings (SSSR count). The standard InChI is InChI=1S/C24H30N2O5/c1-15(2)14-30-19-11-16(3)12-20-23(19)17(4)18(24(29)31-20)13-21(27)25-8-6-10-26-9-5-7-22(26)28/h11-12H,1,5-10,13-14H2,2-4H3,(H,25,27). The maximum atomic E-state index is 12.6. The van der Waals surface area contributed by atoms with Gasteiger partial charge in [0.1, 0.15) is 17.9 Å². The number of hydrogen-bond acceptors (Lipinski definition) is 5. The molecule has 166 valence electrons. The van der Waals surface area contributed by atoms with Crippen LogP contribution in [0.3, 0.4) is 0 Å². The van der Waals surface area contributed by atoms with Crippen molar-refractivity contribution in [1.82, 2.24) is 10.2 Å². The average Bonchev–Trinajstić information content (AvgIpc) is 3.11. The number of nitrogens with one attached hydrogen (secondary N) is 1. The van der Waals surface area contributed by atoms with Crippen LogP contribution in [0, 0.1) is 13.8 Å². The largest absolute Gasteiger partial charge is 0.488 e. The highest BCUT2D eigenvalue weighted by molar-refractivity contribution is 5.89. The van der Waals surface area contributed by atoms with Crippen LogP contribution in [0.1, 0.15) is 42.9 Å². The van der Waals surface area contributed by atoms with E-state index in [9.17, 15) is 14.4 Å². The second kappa shape index (κ2) is 9.81. The second-order valence-corrected chi connectivity index (χ2v) is 8.24. The zero-order chi connectivity index (χ0) is 22.5. The van der Waals surface area contributed by atoms with Crippen molar-refractivity contribution in [3.8, 4) is 5.75 Å². The summed E-state index contributed by atoms with van der Waals surface area (Å²) in [6.45, 7) is 11.7. The minimum Gasteiger partial charge on any atom is -0.488 e. The molecule has 0 spiro atoms. The van der Waals surface area contributed by atoms with E-state index in [-0.39, 0.29) is 18.2 Å². The summed E-state index contributed by atoms with van der Waals surface area (Å²) in [5.41, 5.74) is 2.72. The van der Waals surface area contributed by atoms with Gasteiger partial charge in [0, 0.05) is 26.1 Å². The normalized spacial score (nSPS) is 13.6. The van der Waals surface area contributed by atoms with Gasteiger partial charge in [-0.25, -0.2) is 4.79 Å². The number of aryl methyl sites for hydroxylation is 2. The number of likely N-dealkylation sites (tertiary alicyclic amines) is 1. The van der Waals surface area contributed by atoms with E-state index < -0.39 is 5.63 Å². The predicted molar refractivity (Wildman–Crippen MR) is 119 cm³/mol. The Hall–Kier alpha value is -3.09. The molecule has 7 nitrogen and oxygen atoms in total. The van der Waals surface area contributed by atoms with Gasteiger partial charge >= 0.3 is 5.63 Å². The van der Waals surface area contributed by atoms with E-state index in [0.717, 1.165) is 24.1 Å². The zero-order valence-corrected chi connectivity index (χ0v) is 18.5. The summed E-state index contributed by atoms with van der Waals surface area (Å²) >= 11 is 0. The third kappa shape index (κ3) is 5.54. The highest BCUT2D eigenvalue weighted by Crippen LogP contribution is 2.31. The van der Waals surface area contributed by atoms with E-state index in [1.54, 1.807) is 6.07 Å². The summed E-state index contributed by atoms with van der Waals surface area (Å²) in [7, 11) is 0. The summed E-state index contributed by atoms with van der Waals surface area (Å²) < 4.78 is 11.4. The SMILES string of the molecule is C=C(C)COc1cc(C)cc2oc(=O)c(CC(=O)NCCCN3CCCC3=O)c(C)c12. The van der Waals surface area contributed by atoms with E-state index in [1.165, 1.54) is 0 Å². The maximum Gasteiger partial charge on any atom is 0.340 e. The second-order valence-electron chi connectivity index (χ2n) is 8.24. The minimum atomic E-state index is -0.515. The van der Waals surface area contributed by atoms with Crippen molar-refractivity contribution in [3.05, 3.63) is 51.4 Å². The van der Waals surface area contributed by atoms with Crippen molar-refractivity contribution in [2.24, 2.45) is 0 Å². The molecule has 2 amide bonds. The summed E-state index contributed by atoms with van der Waals surface area (Å²) in [4.78, 5) is 38.5. The monoisotopic (exact) mass is 426 g/mol. The van der Waals surface area contributed by atoms with Crippen LogP contribution in [0.25, 0.3) is 11.0 Å². The molecule has 2 aromatic rings. The molecule has 0 aliphatic carbocycles. The average molecular weight is 427 g/mol. The molecule has 1 saturated heterocycles. The van der Waals surface area contributed by atoms with Gasteiger partial charge in [0.2, 0.25) is 11.8 Å². The fraction of sp³-hybridized carbons (Fsp3) is 0.458. The van der Waals surface area contributed by atoms with Gasteiger partial charge in [0.05, 0.1) is 17.4 Å². The Morgan fingerprint density at radius 1 is 1.29 bits per heavy atom. The Labute approximate surface area is 182 Å². The molecule has 1 N–H and O–H groups in total. The molecule has 0 atom stereocenters. The highest BCUT2D eigenvalue weighted by Gasteiger charge is 2.20. The number of fused-ring (bicyclic) bond motifs is 1. The summed E-state index contributed by atoms with van der Waals surface area (Å²) in [6.07, 6.45) is 2.13. The summed E-state index contributed by atoms with van der Waals surface area (Å²) in [5.74, 6) is 0.533. The molecule has 2 heterocycles. The first-order chi connectivity index (χ1) is 14.8. The highest BCUT2D eigenvalue weighted by atomic mass is 16.5. The van der Waals surface area contributed by atoms with Crippen LogP contribution < -0.4 is 15.7 Å². The van der Waals surface area contributed by atoms with E-state index in [1.807, 2.05) is 31.7 Å². The van der Waals surface area contributed by atoms with Gasteiger partial charge in [-0.05, 0) is 62.4 Å². The van der Waals surface area contributed by atoms with Crippen LogP contribution >= 0.6 is 0 Å². The molecule has 1 fully saturated rings. The molecule has 1 aliphatic heterocycles. The number of carbonyl (C=O) groups excluding carboxylic acids is 2. The first-order valence-corrected chi connectivity index (χ1v) is 10.6.